The lowest BCUT2D eigenvalue weighted by molar-refractivity contribution is -0.126. The molecule has 0 aliphatic carbocycles. The van der Waals surface area contributed by atoms with Crippen molar-refractivity contribution in [2.24, 2.45) is 13.0 Å². The van der Waals surface area contributed by atoms with E-state index in [2.05, 4.69) is 15.5 Å². The number of sulfonamides is 1. The molecule has 0 spiro atoms. The summed E-state index contributed by atoms with van der Waals surface area (Å²) in [6, 6.07) is 0. The summed E-state index contributed by atoms with van der Waals surface area (Å²) in [5.41, 5.74) is 1.40. The number of hydrogen-bond donors (Lipinski definition) is 1. The molecule has 1 aliphatic heterocycles. The van der Waals surface area contributed by atoms with Gasteiger partial charge in [-0.25, -0.2) is 8.42 Å². The molecular formula is C17H26N6O3S. The molecule has 2 aromatic heterocycles. The summed E-state index contributed by atoms with van der Waals surface area (Å²) in [4.78, 5) is 12.8. The number of nitrogens with zero attached hydrogens (tertiary/aromatic N) is 5. The zero-order valence-electron chi connectivity index (χ0n) is 15.9. The first-order valence-corrected chi connectivity index (χ1v) is 10.5. The molecule has 3 heterocycles. The molecule has 0 aromatic carbocycles. The number of piperidine rings is 1. The number of carbonyl (C=O) groups is 1. The van der Waals surface area contributed by atoms with E-state index in [1.165, 1.54) is 4.31 Å². The van der Waals surface area contributed by atoms with Gasteiger partial charge in [0.05, 0.1) is 17.8 Å². The van der Waals surface area contributed by atoms with Crippen LogP contribution in [0.1, 0.15) is 31.0 Å². The van der Waals surface area contributed by atoms with Gasteiger partial charge in [0.2, 0.25) is 15.9 Å². The minimum absolute atomic E-state index is 0.125. The number of amides is 1. The molecule has 2 aromatic rings. The Morgan fingerprint density at radius 3 is 2.78 bits per heavy atom. The van der Waals surface area contributed by atoms with Gasteiger partial charge in [-0.2, -0.15) is 14.5 Å². The fourth-order valence-corrected chi connectivity index (χ4v) is 5.02. The van der Waals surface area contributed by atoms with Gasteiger partial charge in [0, 0.05) is 51.2 Å². The van der Waals surface area contributed by atoms with Crippen molar-refractivity contribution < 1.29 is 13.2 Å². The molecule has 10 heteroatoms. The van der Waals surface area contributed by atoms with Crippen molar-refractivity contribution in [3.05, 3.63) is 29.8 Å². The average molecular weight is 395 g/mol. The van der Waals surface area contributed by atoms with E-state index in [1.54, 1.807) is 28.7 Å². The molecule has 0 saturated carbocycles. The molecule has 1 N–H and O–H groups in total. The molecule has 1 fully saturated rings. The Balaban J connectivity index is 1.67. The van der Waals surface area contributed by atoms with Crippen molar-refractivity contribution in [3.8, 4) is 0 Å². The highest BCUT2D eigenvalue weighted by Crippen LogP contribution is 2.25. The van der Waals surface area contributed by atoms with Crippen molar-refractivity contribution in [1.82, 2.24) is 29.2 Å². The van der Waals surface area contributed by atoms with Gasteiger partial charge in [-0.15, -0.1) is 0 Å². The van der Waals surface area contributed by atoms with Crippen LogP contribution >= 0.6 is 0 Å². The Bertz CT molecular complexity index is 917. The maximum Gasteiger partial charge on any atom is 0.246 e. The van der Waals surface area contributed by atoms with E-state index in [1.807, 2.05) is 20.2 Å². The SMILES string of the molecule is CCn1cc(S(=O)(=O)N2CCC[C@@H](C(=O)NCc3cnn(C)c3)C2)c(C)n1. The van der Waals surface area contributed by atoms with Gasteiger partial charge in [0.1, 0.15) is 4.90 Å². The van der Waals surface area contributed by atoms with E-state index >= 15 is 0 Å². The summed E-state index contributed by atoms with van der Waals surface area (Å²) in [7, 11) is -1.84. The lowest BCUT2D eigenvalue weighted by Crippen LogP contribution is -2.45. The predicted octanol–water partition coefficient (Wildman–Crippen LogP) is 0.662. The second-order valence-electron chi connectivity index (χ2n) is 6.88. The van der Waals surface area contributed by atoms with E-state index in [9.17, 15) is 13.2 Å². The molecular weight excluding hydrogens is 368 g/mol. The molecule has 3 rings (SSSR count). The van der Waals surface area contributed by atoms with Gasteiger partial charge < -0.3 is 5.32 Å². The topological polar surface area (TPSA) is 102 Å². The van der Waals surface area contributed by atoms with Crippen LogP contribution in [0.2, 0.25) is 0 Å². The molecule has 27 heavy (non-hydrogen) atoms. The van der Waals surface area contributed by atoms with Crippen molar-refractivity contribution in [2.45, 2.75) is 44.7 Å². The van der Waals surface area contributed by atoms with E-state index in [0.717, 1.165) is 5.56 Å². The van der Waals surface area contributed by atoms with Gasteiger partial charge in [-0.05, 0) is 26.7 Å². The highest BCUT2D eigenvalue weighted by atomic mass is 32.2. The summed E-state index contributed by atoms with van der Waals surface area (Å²) >= 11 is 0. The molecule has 148 valence electrons. The van der Waals surface area contributed by atoms with E-state index < -0.39 is 10.0 Å². The molecule has 0 unspecified atom stereocenters. The van der Waals surface area contributed by atoms with Gasteiger partial charge in [0.15, 0.2) is 0 Å². The van der Waals surface area contributed by atoms with Crippen LogP contribution in [-0.4, -0.2) is 51.3 Å². The van der Waals surface area contributed by atoms with Gasteiger partial charge in [-0.3, -0.25) is 14.2 Å². The summed E-state index contributed by atoms with van der Waals surface area (Å²) < 4.78 is 30.7. The second kappa shape index (κ2) is 7.81. The monoisotopic (exact) mass is 394 g/mol. The molecule has 1 saturated heterocycles. The number of aryl methyl sites for hydroxylation is 3. The quantitative estimate of drug-likeness (QED) is 0.776. The molecule has 0 radical (unpaired) electrons. The largest absolute Gasteiger partial charge is 0.352 e. The summed E-state index contributed by atoms with van der Waals surface area (Å²) in [5.74, 6) is -0.480. The molecule has 0 bridgehead atoms. The van der Waals surface area contributed by atoms with Gasteiger partial charge in [-0.1, -0.05) is 0 Å². The minimum Gasteiger partial charge on any atom is -0.352 e. The van der Waals surface area contributed by atoms with Crippen LogP contribution in [0.3, 0.4) is 0 Å². The third-order valence-electron chi connectivity index (χ3n) is 4.82. The summed E-state index contributed by atoms with van der Waals surface area (Å²) in [6.07, 6.45) is 6.44. The fraction of sp³-hybridized carbons (Fsp3) is 0.588. The van der Waals surface area contributed by atoms with E-state index in [0.29, 0.717) is 38.2 Å². The van der Waals surface area contributed by atoms with Crippen LogP contribution in [0.4, 0.5) is 0 Å². The van der Waals surface area contributed by atoms with Crippen LogP contribution in [0.5, 0.6) is 0 Å². The fourth-order valence-electron chi connectivity index (χ4n) is 3.33. The van der Waals surface area contributed by atoms with Crippen molar-refractivity contribution in [3.63, 3.8) is 0 Å². The first kappa shape index (κ1) is 19.6. The van der Waals surface area contributed by atoms with Crippen LogP contribution in [0, 0.1) is 12.8 Å². The lowest BCUT2D eigenvalue weighted by Gasteiger charge is -2.31. The molecule has 1 atom stereocenters. The highest BCUT2D eigenvalue weighted by molar-refractivity contribution is 7.89. The normalized spacial score (nSPS) is 18.6. The summed E-state index contributed by atoms with van der Waals surface area (Å²) in [6.45, 7) is 5.21. The van der Waals surface area contributed by atoms with Crippen LogP contribution in [0.25, 0.3) is 0 Å². The standard InChI is InChI=1S/C17H26N6O3S/c1-4-22-12-16(13(2)20-22)27(25,26)23-7-5-6-15(11-23)17(24)18-8-14-9-19-21(3)10-14/h9-10,12,15H,4-8,11H2,1-3H3,(H,18,24)/t15-/m1/s1. The Hall–Kier alpha value is -2.20. The molecule has 1 amide bonds. The number of aromatic nitrogens is 4. The number of carbonyl (C=O) groups excluding carboxylic acids is 1. The molecule has 1 aliphatic rings. The molecule has 9 nitrogen and oxygen atoms in total. The second-order valence-corrected chi connectivity index (χ2v) is 8.78. The van der Waals surface area contributed by atoms with Crippen molar-refractivity contribution in [2.75, 3.05) is 13.1 Å². The van der Waals surface area contributed by atoms with Crippen LogP contribution in [-0.2, 0) is 35.0 Å². The van der Waals surface area contributed by atoms with Gasteiger partial charge >= 0.3 is 0 Å². The Morgan fingerprint density at radius 2 is 2.15 bits per heavy atom. The average Bonchev–Trinajstić information content (AvgIpc) is 3.25. The lowest BCUT2D eigenvalue weighted by atomic mass is 9.99. The third kappa shape index (κ3) is 4.22. The van der Waals surface area contributed by atoms with Gasteiger partial charge in [0.25, 0.3) is 0 Å². The maximum atomic E-state index is 13.0. The zero-order chi connectivity index (χ0) is 19.6. The number of rotatable bonds is 6. The smallest absolute Gasteiger partial charge is 0.246 e. The number of nitrogens with one attached hydrogen (secondary N) is 1. The number of hydrogen-bond acceptors (Lipinski definition) is 5. The first-order valence-electron chi connectivity index (χ1n) is 9.10. The Morgan fingerprint density at radius 1 is 1.37 bits per heavy atom. The predicted molar refractivity (Wildman–Crippen MR) is 99.2 cm³/mol. The van der Waals surface area contributed by atoms with Crippen molar-refractivity contribution in [1.29, 1.82) is 0 Å². The van der Waals surface area contributed by atoms with E-state index in [4.69, 9.17) is 0 Å². The van der Waals surface area contributed by atoms with E-state index in [-0.39, 0.29) is 23.3 Å². The Labute approximate surface area is 159 Å². The maximum absolute atomic E-state index is 13.0. The van der Waals surface area contributed by atoms with Crippen LogP contribution < -0.4 is 5.32 Å². The minimum atomic E-state index is -3.66. The highest BCUT2D eigenvalue weighted by Gasteiger charge is 2.34. The van der Waals surface area contributed by atoms with Crippen molar-refractivity contribution >= 4 is 15.9 Å². The zero-order valence-corrected chi connectivity index (χ0v) is 16.7. The van der Waals surface area contributed by atoms with Crippen LogP contribution in [0.15, 0.2) is 23.5 Å². The first-order chi connectivity index (χ1) is 12.8. The Kier molecular flexibility index (Phi) is 5.66. The third-order valence-corrected chi connectivity index (χ3v) is 6.79. The summed E-state index contributed by atoms with van der Waals surface area (Å²) in [5, 5.41) is 11.2.